The van der Waals surface area contributed by atoms with Gasteiger partial charge in [0.05, 0.1) is 6.61 Å². The van der Waals surface area contributed by atoms with Crippen LogP contribution in [-0.2, 0) is 4.74 Å². The highest BCUT2D eigenvalue weighted by Gasteiger charge is 2.36. The number of nitrogens with zero attached hydrogens (tertiary/aromatic N) is 1. The van der Waals surface area contributed by atoms with Gasteiger partial charge in [0, 0.05) is 32.3 Å². The highest BCUT2D eigenvalue weighted by Crippen LogP contribution is 2.33. The molecule has 104 valence electrons. The second-order valence-corrected chi connectivity index (χ2v) is 6.62. The molecule has 0 aromatic carbocycles. The number of nitrogens with one attached hydrogen (secondary N) is 1. The molecule has 3 heteroatoms. The van der Waals surface area contributed by atoms with E-state index in [1.165, 1.54) is 58.2 Å². The molecule has 1 N–H and O–H groups in total. The summed E-state index contributed by atoms with van der Waals surface area (Å²) in [7, 11) is 1.83. The van der Waals surface area contributed by atoms with Crippen LogP contribution in [-0.4, -0.2) is 50.3 Å². The first-order valence-electron chi connectivity index (χ1n) is 7.82. The Morgan fingerprint density at radius 1 is 1.22 bits per heavy atom. The molecule has 0 amide bonds. The number of hydrogen-bond acceptors (Lipinski definition) is 3. The third kappa shape index (κ3) is 2.89. The summed E-state index contributed by atoms with van der Waals surface area (Å²) in [5, 5.41) is 3.89. The number of fused-ring (bicyclic) bond motifs is 1. The zero-order chi connectivity index (χ0) is 12.4. The Morgan fingerprint density at radius 2 is 2.11 bits per heavy atom. The quantitative estimate of drug-likeness (QED) is 0.827. The third-order valence-electron chi connectivity index (χ3n) is 5.20. The van der Waals surface area contributed by atoms with Crippen LogP contribution in [0.25, 0.3) is 0 Å². The van der Waals surface area contributed by atoms with Crippen molar-refractivity contribution in [1.29, 1.82) is 0 Å². The minimum absolute atomic E-state index is 0.763. The van der Waals surface area contributed by atoms with E-state index in [0.29, 0.717) is 0 Å². The van der Waals surface area contributed by atoms with Crippen molar-refractivity contribution in [2.75, 3.05) is 33.4 Å². The van der Waals surface area contributed by atoms with E-state index < -0.39 is 0 Å². The molecule has 3 rings (SSSR count). The maximum Gasteiger partial charge on any atom is 0.0503 e. The lowest BCUT2D eigenvalue weighted by Gasteiger charge is -2.24. The number of hydrogen-bond donors (Lipinski definition) is 1. The molecule has 4 atom stereocenters. The Kier molecular flexibility index (Phi) is 4.22. The minimum atomic E-state index is 0.763. The average molecular weight is 252 g/mol. The summed E-state index contributed by atoms with van der Waals surface area (Å²) in [6, 6.07) is 1.61. The number of likely N-dealkylation sites (tertiary alicyclic amines) is 1. The van der Waals surface area contributed by atoms with Crippen LogP contribution in [0.3, 0.4) is 0 Å². The molecule has 3 fully saturated rings. The highest BCUT2D eigenvalue weighted by molar-refractivity contribution is 4.94. The molecule has 3 nitrogen and oxygen atoms in total. The zero-order valence-corrected chi connectivity index (χ0v) is 11.7. The normalized spacial score (nSPS) is 41.2. The number of methoxy groups -OCH3 is 1. The van der Waals surface area contributed by atoms with Crippen molar-refractivity contribution in [3.8, 4) is 0 Å². The van der Waals surface area contributed by atoms with Crippen LogP contribution in [0.2, 0.25) is 0 Å². The Balaban J connectivity index is 1.44. The highest BCUT2D eigenvalue weighted by atomic mass is 16.5. The fourth-order valence-electron chi connectivity index (χ4n) is 4.33. The van der Waals surface area contributed by atoms with E-state index >= 15 is 0 Å². The Morgan fingerprint density at radius 3 is 2.94 bits per heavy atom. The van der Waals surface area contributed by atoms with E-state index in [1.807, 2.05) is 7.11 Å². The summed E-state index contributed by atoms with van der Waals surface area (Å²) < 4.78 is 5.28. The predicted octanol–water partition coefficient (Wildman–Crippen LogP) is 1.88. The Labute approximate surface area is 111 Å². The average Bonchev–Trinajstić information content (AvgIpc) is 2.96. The zero-order valence-electron chi connectivity index (χ0n) is 11.7. The van der Waals surface area contributed by atoms with Crippen LogP contribution < -0.4 is 5.32 Å². The lowest BCUT2D eigenvalue weighted by atomic mass is 9.85. The smallest absolute Gasteiger partial charge is 0.0503 e. The van der Waals surface area contributed by atoms with E-state index in [1.54, 1.807) is 0 Å². The van der Waals surface area contributed by atoms with Gasteiger partial charge < -0.3 is 15.0 Å². The Bertz CT molecular complexity index is 257. The van der Waals surface area contributed by atoms with Crippen LogP contribution in [0.1, 0.15) is 38.5 Å². The van der Waals surface area contributed by atoms with E-state index in [2.05, 4.69) is 10.2 Å². The summed E-state index contributed by atoms with van der Waals surface area (Å²) in [5.41, 5.74) is 0. The molecule has 18 heavy (non-hydrogen) atoms. The van der Waals surface area contributed by atoms with Crippen molar-refractivity contribution in [2.45, 2.75) is 50.6 Å². The molecule has 4 unspecified atom stereocenters. The molecule has 0 radical (unpaired) electrons. The summed E-state index contributed by atoms with van der Waals surface area (Å²) in [5.74, 6) is 1.76. The Hall–Kier alpha value is -0.120. The molecule has 2 heterocycles. The second-order valence-electron chi connectivity index (χ2n) is 6.62. The first-order chi connectivity index (χ1) is 8.85. The first-order valence-corrected chi connectivity index (χ1v) is 7.82. The van der Waals surface area contributed by atoms with Gasteiger partial charge in [-0.2, -0.15) is 0 Å². The maximum absolute atomic E-state index is 5.28. The fourth-order valence-corrected chi connectivity index (χ4v) is 4.33. The van der Waals surface area contributed by atoms with Crippen LogP contribution in [0.5, 0.6) is 0 Å². The van der Waals surface area contributed by atoms with Crippen molar-refractivity contribution in [2.24, 2.45) is 11.8 Å². The van der Waals surface area contributed by atoms with Gasteiger partial charge in [-0.25, -0.2) is 0 Å². The van der Waals surface area contributed by atoms with Gasteiger partial charge in [0.15, 0.2) is 0 Å². The van der Waals surface area contributed by atoms with Gasteiger partial charge in [-0.3, -0.25) is 0 Å². The lowest BCUT2D eigenvalue weighted by Crippen LogP contribution is -2.39. The van der Waals surface area contributed by atoms with E-state index in [-0.39, 0.29) is 0 Å². The minimum Gasteiger partial charge on any atom is -0.384 e. The van der Waals surface area contributed by atoms with Crippen molar-refractivity contribution >= 4 is 0 Å². The molecule has 0 bridgehead atoms. The van der Waals surface area contributed by atoms with Crippen molar-refractivity contribution in [1.82, 2.24) is 10.2 Å². The lowest BCUT2D eigenvalue weighted by molar-refractivity contribution is 0.152. The largest absolute Gasteiger partial charge is 0.384 e. The monoisotopic (exact) mass is 252 g/mol. The molecular weight excluding hydrogens is 224 g/mol. The molecule has 2 saturated heterocycles. The summed E-state index contributed by atoms with van der Waals surface area (Å²) >= 11 is 0. The fraction of sp³-hybridized carbons (Fsp3) is 1.00. The molecule has 0 aromatic rings. The molecule has 1 saturated carbocycles. The number of rotatable bonds is 4. The van der Waals surface area contributed by atoms with Crippen LogP contribution in [0.4, 0.5) is 0 Å². The summed E-state index contributed by atoms with van der Waals surface area (Å²) in [6.07, 6.45) is 8.56. The summed E-state index contributed by atoms with van der Waals surface area (Å²) in [6.45, 7) is 4.75. The SMILES string of the molecule is COCC1CCN(CC2CC3CCCCC3N2)C1. The van der Waals surface area contributed by atoms with E-state index in [0.717, 1.165) is 30.5 Å². The maximum atomic E-state index is 5.28. The third-order valence-corrected chi connectivity index (χ3v) is 5.20. The van der Waals surface area contributed by atoms with Gasteiger partial charge in [0.25, 0.3) is 0 Å². The van der Waals surface area contributed by atoms with Crippen LogP contribution in [0.15, 0.2) is 0 Å². The van der Waals surface area contributed by atoms with Gasteiger partial charge in [-0.1, -0.05) is 12.8 Å². The van der Waals surface area contributed by atoms with Gasteiger partial charge in [-0.15, -0.1) is 0 Å². The molecule has 1 aliphatic carbocycles. The van der Waals surface area contributed by atoms with Crippen molar-refractivity contribution in [3.05, 3.63) is 0 Å². The van der Waals surface area contributed by atoms with Gasteiger partial charge in [-0.05, 0) is 44.1 Å². The standard InChI is InChI=1S/C15H28N2O/c1-18-11-12-6-7-17(9-12)10-14-8-13-4-2-3-5-15(13)16-14/h12-16H,2-11H2,1H3. The number of ether oxygens (including phenoxy) is 1. The van der Waals surface area contributed by atoms with Crippen molar-refractivity contribution in [3.63, 3.8) is 0 Å². The molecule has 0 spiro atoms. The van der Waals surface area contributed by atoms with E-state index in [9.17, 15) is 0 Å². The first kappa shape index (κ1) is 12.9. The van der Waals surface area contributed by atoms with E-state index in [4.69, 9.17) is 4.74 Å². The molecule has 3 aliphatic rings. The second kappa shape index (κ2) is 5.89. The van der Waals surface area contributed by atoms with Crippen molar-refractivity contribution < 1.29 is 4.74 Å². The molecular formula is C15H28N2O. The topological polar surface area (TPSA) is 24.5 Å². The van der Waals surface area contributed by atoms with Crippen LogP contribution >= 0.6 is 0 Å². The van der Waals surface area contributed by atoms with Gasteiger partial charge >= 0.3 is 0 Å². The van der Waals surface area contributed by atoms with Gasteiger partial charge in [0.1, 0.15) is 0 Å². The van der Waals surface area contributed by atoms with Crippen LogP contribution in [0, 0.1) is 11.8 Å². The molecule has 0 aromatic heterocycles. The molecule has 2 aliphatic heterocycles. The summed E-state index contributed by atoms with van der Waals surface area (Å²) in [4.78, 5) is 2.65. The predicted molar refractivity (Wildman–Crippen MR) is 73.7 cm³/mol. The van der Waals surface area contributed by atoms with Gasteiger partial charge in [0.2, 0.25) is 0 Å².